The molecular weight excluding hydrogens is 419 g/mol. The Morgan fingerprint density at radius 2 is 1.68 bits per heavy atom. The summed E-state index contributed by atoms with van der Waals surface area (Å²) in [7, 11) is 1.56. The average molecular weight is 441 g/mol. The zero-order valence-corrected chi connectivity index (χ0v) is 16.7. The molecule has 0 aliphatic carbocycles. The third-order valence-electron chi connectivity index (χ3n) is 3.89. The van der Waals surface area contributed by atoms with Crippen molar-refractivity contribution in [2.75, 3.05) is 20.3 Å². The van der Waals surface area contributed by atoms with Gasteiger partial charge in [0.15, 0.2) is 6.61 Å². The number of benzene rings is 2. The number of ether oxygens (including phenoxy) is 4. The van der Waals surface area contributed by atoms with Gasteiger partial charge in [-0.3, -0.25) is 9.59 Å². The van der Waals surface area contributed by atoms with Gasteiger partial charge in [-0.15, -0.1) is 13.2 Å². The Kier molecular flexibility index (Phi) is 8.98. The lowest BCUT2D eigenvalue weighted by Crippen LogP contribution is -2.29. The molecule has 10 heteroatoms. The minimum Gasteiger partial charge on any atom is -0.497 e. The second kappa shape index (κ2) is 11.7. The summed E-state index contributed by atoms with van der Waals surface area (Å²) in [6, 6.07) is 12.4. The summed E-state index contributed by atoms with van der Waals surface area (Å²) in [6.07, 6.45) is -4.41. The number of carbonyl (C=O) groups excluding carboxylic acids is 2. The van der Waals surface area contributed by atoms with Crippen molar-refractivity contribution in [3.05, 3.63) is 54.1 Å². The van der Waals surface area contributed by atoms with Gasteiger partial charge >= 0.3 is 12.3 Å². The van der Waals surface area contributed by atoms with Gasteiger partial charge in [0.1, 0.15) is 17.2 Å². The van der Waals surface area contributed by atoms with Gasteiger partial charge in [-0.2, -0.15) is 0 Å². The first-order valence-corrected chi connectivity index (χ1v) is 9.29. The van der Waals surface area contributed by atoms with E-state index in [0.29, 0.717) is 17.9 Å². The lowest BCUT2D eigenvalue weighted by atomic mass is 10.2. The highest BCUT2D eigenvalue weighted by atomic mass is 19.4. The Bertz CT molecular complexity index is 855. The van der Waals surface area contributed by atoms with Crippen LogP contribution in [0.3, 0.4) is 0 Å². The molecule has 2 rings (SSSR count). The molecule has 1 N–H and O–H groups in total. The van der Waals surface area contributed by atoms with Crippen LogP contribution in [0.2, 0.25) is 0 Å². The first-order valence-electron chi connectivity index (χ1n) is 9.29. The van der Waals surface area contributed by atoms with Crippen molar-refractivity contribution in [3.63, 3.8) is 0 Å². The van der Waals surface area contributed by atoms with Crippen molar-refractivity contribution in [1.82, 2.24) is 5.32 Å². The van der Waals surface area contributed by atoms with Gasteiger partial charge in [-0.1, -0.05) is 18.2 Å². The topological polar surface area (TPSA) is 83.1 Å². The minimum atomic E-state index is -4.84. The van der Waals surface area contributed by atoms with Crippen molar-refractivity contribution >= 4 is 11.9 Å². The smallest absolute Gasteiger partial charge is 0.497 e. The molecular formula is C21H22F3NO6. The summed E-state index contributed by atoms with van der Waals surface area (Å²) >= 11 is 0. The number of hydrogen-bond donors (Lipinski definition) is 1. The fourth-order valence-electron chi connectivity index (χ4n) is 2.42. The summed E-state index contributed by atoms with van der Waals surface area (Å²) in [5, 5.41) is 2.38. The van der Waals surface area contributed by atoms with Crippen LogP contribution in [0.4, 0.5) is 13.2 Å². The minimum absolute atomic E-state index is 0.0473. The van der Waals surface area contributed by atoms with Crippen LogP contribution in [-0.4, -0.2) is 38.6 Å². The van der Waals surface area contributed by atoms with Crippen LogP contribution in [0, 0.1) is 0 Å². The summed E-state index contributed by atoms with van der Waals surface area (Å²) < 4.78 is 56.5. The van der Waals surface area contributed by atoms with Gasteiger partial charge in [0.2, 0.25) is 0 Å². The maximum absolute atomic E-state index is 12.4. The maximum atomic E-state index is 12.4. The Morgan fingerprint density at radius 1 is 1.00 bits per heavy atom. The summed E-state index contributed by atoms with van der Waals surface area (Å²) in [6.45, 7) is -0.470. The van der Waals surface area contributed by atoms with Gasteiger partial charge in [-0.05, 0) is 36.8 Å². The highest BCUT2D eigenvalue weighted by Gasteiger charge is 2.32. The lowest BCUT2D eigenvalue weighted by Gasteiger charge is -2.13. The summed E-state index contributed by atoms with van der Waals surface area (Å²) in [5.74, 6) is -0.322. The quantitative estimate of drug-likeness (QED) is 0.424. The molecule has 2 aromatic rings. The predicted molar refractivity (Wildman–Crippen MR) is 104 cm³/mol. The SMILES string of the molecule is COc1ccc(OCCCC(=O)OCC(=O)NCc2ccccc2OC(F)(F)F)cc1. The van der Waals surface area contributed by atoms with Crippen molar-refractivity contribution in [3.8, 4) is 17.2 Å². The largest absolute Gasteiger partial charge is 0.573 e. The number of para-hydroxylation sites is 1. The zero-order chi connectivity index (χ0) is 22.7. The Morgan fingerprint density at radius 3 is 2.35 bits per heavy atom. The van der Waals surface area contributed by atoms with Crippen molar-refractivity contribution < 1.29 is 41.7 Å². The van der Waals surface area contributed by atoms with Crippen molar-refractivity contribution in [1.29, 1.82) is 0 Å². The molecule has 0 heterocycles. The molecule has 0 bridgehead atoms. The molecule has 0 radical (unpaired) electrons. The van der Waals surface area contributed by atoms with E-state index in [4.69, 9.17) is 14.2 Å². The maximum Gasteiger partial charge on any atom is 0.573 e. The number of carbonyl (C=O) groups is 2. The third kappa shape index (κ3) is 9.28. The van der Waals surface area contributed by atoms with Crippen LogP contribution < -0.4 is 19.5 Å². The molecule has 0 atom stereocenters. The number of alkyl halides is 3. The van der Waals surface area contributed by atoms with Gasteiger partial charge in [-0.25, -0.2) is 0 Å². The molecule has 31 heavy (non-hydrogen) atoms. The molecule has 0 saturated heterocycles. The number of esters is 1. The van der Waals surface area contributed by atoms with Crippen LogP contribution in [0.15, 0.2) is 48.5 Å². The van der Waals surface area contributed by atoms with E-state index in [1.54, 1.807) is 31.4 Å². The number of rotatable bonds is 11. The number of hydrogen-bond acceptors (Lipinski definition) is 6. The fraction of sp³-hybridized carbons (Fsp3) is 0.333. The van der Waals surface area contributed by atoms with Gasteiger partial charge < -0.3 is 24.3 Å². The van der Waals surface area contributed by atoms with Crippen LogP contribution in [0.1, 0.15) is 18.4 Å². The van der Waals surface area contributed by atoms with E-state index in [-0.39, 0.29) is 25.1 Å². The lowest BCUT2D eigenvalue weighted by molar-refractivity contribution is -0.274. The third-order valence-corrected chi connectivity index (χ3v) is 3.89. The zero-order valence-electron chi connectivity index (χ0n) is 16.7. The normalized spacial score (nSPS) is 10.8. The number of amides is 1. The standard InChI is InChI=1S/C21H22F3NO6/c1-28-16-8-10-17(11-9-16)29-12-4-7-20(27)30-14-19(26)25-13-15-5-2-3-6-18(15)31-21(22,23)24/h2-3,5-6,8-11H,4,7,12-14H2,1H3,(H,25,26). The first-order chi connectivity index (χ1) is 14.8. The molecule has 0 aromatic heterocycles. The molecule has 1 amide bonds. The van der Waals surface area contributed by atoms with E-state index < -0.39 is 30.6 Å². The van der Waals surface area contributed by atoms with Gasteiger partial charge in [0.25, 0.3) is 5.91 Å². The van der Waals surface area contributed by atoms with Crippen LogP contribution in [0.5, 0.6) is 17.2 Å². The van der Waals surface area contributed by atoms with E-state index >= 15 is 0 Å². The van der Waals surface area contributed by atoms with E-state index in [9.17, 15) is 22.8 Å². The van der Waals surface area contributed by atoms with E-state index in [0.717, 1.165) is 6.07 Å². The highest BCUT2D eigenvalue weighted by molar-refractivity contribution is 5.80. The molecule has 168 valence electrons. The molecule has 7 nitrogen and oxygen atoms in total. The summed E-state index contributed by atoms with van der Waals surface area (Å²) in [4.78, 5) is 23.5. The Hall–Kier alpha value is -3.43. The average Bonchev–Trinajstić information content (AvgIpc) is 2.74. The predicted octanol–water partition coefficient (Wildman–Crippen LogP) is 3.61. The molecule has 0 aliphatic heterocycles. The molecule has 0 unspecified atom stereocenters. The Balaban J connectivity index is 1.64. The number of methoxy groups -OCH3 is 1. The second-order valence-corrected chi connectivity index (χ2v) is 6.22. The molecule has 2 aromatic carbocycles. The second-order valence-electron chi connectivity index (χ2n) is 6.22. The van der Waals surface area contributed by atoms with Crippen molar-refractivity contribution in [2.24, 2.45) is 0 Å². The van der Waals surface area contributed by atoms with E-state index in [1.165, 1.54) is 18.2 Å². The summed E-state index contributed by atoms with van der Waals surface area (Å²) in [5.41, 5.74) is 0.134. The van der Waals surface area contributed by atoms with Gasteiger partial charge in [0, 0.05) is 18.5 Å². The van der Waals surface area contributed by atoms with Crippen molar-refractivity contribution in [2.45, 2.75) is 25.7 Å². The van der Waals surface area contributed by atoms with Crippen LogP contribution >= 0.6 is 0 Å². The van der Waals surface area contributed by atoms with E-state index in [1.807, 2.05) is 0 Å². The molecule has 0 saturated carbocycles. The van der Waals surface area contributed by atoms with E-state index in [2.05, 4.69) is 10.1 Å². The molecule has 0 aliphatic rings. The molecule has 0 spiro atoms. The van der Waals surface area contributed by atoms with Crippen LogP contribution in [-0.2, 0) is 20.9 Å². The Labute approximate surface area is 177 Å². The molecule has 0 fully saturated rings. The monoisotopic (exact) mass is 441 g/mol. The van der Waals surface area contributed by atoms with Gasteiger partial charge in [0.05, 0.1) is 13.7 Å². The first kappa shape index (κ1) is 23.8. The number of nitrogens with one attached hydrogen (secondary N) is 1. The number of halogens is 3. The highest BCUT2D eigenvalue weighted by Crippen LogP contribution is 2.26. The van der Waals surface area contributed by atoms with Crippen LogP contribution in [0.25, 0.3) is 0 Å². The fourth-order valence-corrected chi connectivity index (χ4v) is 2.42.